The SMILES string of the molecule is COc1ccc(-c2c(C)nn3c(N4CCC(C(=O)NC5CC5)CC4)cc(C)nc23)cc1OC. The molecule has 174 valence electrons. The topological polar surface area (TPSA) is 81.0 Å². The van der Waals surface area contributed by atoms with Gasteiger partial charge in [-0.25, -0.2) is 4.98 Å². The molecule has 8 nitrogen and oxygen atoms in total. The number of methoxy groups -OCH3 is 2. The average Bonchev–Trinajstić information content (AvgIpc) is 3.58. The zero-order chi connectivity index (χ0) is 23.1. The first-order chi connectivity index (χ1) is 16.0. The molecule has 3 aromatic rings. The fourth-order valence-electron chi connectivity index (χ4n) is 4.70. The van der Waals surface area contributed by atoms with Crippen LogP contribution in [0.4, 0.5) is 5.82 Å². The Morgan fingerprint density at radius 1 is 1.03 bits per heavy atom. The first-order valence-electron chi connectivity index (χ1n) is 11.6. The summed E-state index contributed by atoms with van der Waals surface area (Å²) >= 11 is 0. The normalized spacial score (nSPS) is 16.8. The minimum absolute atomic E-state index is 0.0990. The van der Waals surface area contributed by atoms with E-state index in [1.165, 1.54) is 0 Å². The lowest BCUT2D eigenvalue weighted by atomic mass is 9.96. The van der Waals surface area contributed by atoms with Gasteiger partial charge in [0.05, 0.1) is 19.9 Å². The summed E-state index contributed by atoms with van der Waals surface area (Å²) in [5.74, 6) is 2.70. The molecular formula is C25H31N5O3. The van der Waals surface area contributed by atoms with Crippen molar-refractivity contribution in [2.75, 3.05) is 32.2 Å². The van der Waals surface area contributed by atoms with E-state index in [1.54, 1.807) is 14.2 Å². The lowest BCUT2D eigenvalue weighted by Crippen LogP contribution is -2.41. The molecule has 8 heteroatoms. The first kappa shape index (κ1) is 21.6. The van der Waals surface area contributed by atoms with E-state index in [2.05, 4.69) is 16.3 Å². The second-order valence-corrected chi connectivity index (χ2v) is 9.07. The molecule has 1 aromatic carbocycles. The summed E-state index contributed by atoms with van der Waals surface area (Å²) in [6.45, 7) is 5.67. The fourth-order valence-corrected chi connectivity index (χ4v) is 4.70. The summed E-state index contributed by atoms with van der Waals surface area (Å²) in [7, 11) is 3.27. The molecule has 0 radical (unpaired) electrons. The lowest BCUT2D eigenvalue weighted by molar-refractivity contribution is -0.125. The monoisotopic (exact) mass is 449 g/mol. The summed E-state index contributed by atoms with van der Waals surface area (Å²) in [4.78, 5) is 19.7. The van der Waals surface area contributed by atoms with Crippen LogP contribution in [0.15, 0.2) is 24.3 Å². The Labute approximate surface area is 193 Å². The number of ether oxygens (including phenoxy) is 2. The number of rotatable bonds is 6. The van der Waals surface area contributed by atoms with Gasteiger partial charge in [-0.05, 0) is 57.2 Å². The van der Waals surface area contributed by atoms with E-state index >= 15 is 0 Å². The largest absolute Gasteiger partial charge is 0.493 e. The van der Waals surface area contributed by atoms with Gasteiger partial charge in [0, 0.05) is 42.4 Å². The highest BCUT2D eigenvalue weighted by Gasteiger charge is 2.31. The van der Waals surface area contributed by atoms with Crippen LogP contribution < -0.4 is 19.7 Å². The van der Waals surface area contributed by atoms with Gasteiger partial charge in [-0.2, -0.15) is 9.61 Å². The van der Waals surface area contributed by atoms with E-state index in [0.29, 0.717) is 17.5 Å². The van der Waals surface area contributed by atoms with Gasteiger partial charge in [-0.15, -0.1) is 0 Å². The summed E-state index contributed by atoms with van der Waals surface area (Å²) < 4.78 is 12.9. The number of nitrogens with zero attached hydrogens (tertiary/aromatic N) is 4. The van der Waals surface area contributed by atoms with E-state index in [9.17, 15) is 4.79 Å². The number of amides is 1. The molecule has 1 saturated carbocycles. The Hall–Kier alpha value is -3.29. The van der Waals surface area contributed by atoms with Gasteiger partial charge in [-0.1, -0.05) is 6.07 Å². The van der Waals surface area contributed by atoms with Crippen LogP contribution in [0.3, 0.4) is 0 Å². The van der Waals surface area contributed by atoms with Gasteiger partial charge in [-0.3, -0.25) is 4.79 Å². The number of fused-ring (bicyclic) bond motifs is 1. The Morgan fingerprint density at radius 2 is 1.76 bits per heavy atom. The van der Waals surface area contributed by atoms with Crippen LogP contribution in [-0.4, -0.2) is 53.9 Å². The van der Waals surface area contributed by atoms with Crippen LogP contribution in [0.25, 0.3) is 16.8 Å². The zero-order valence-electron chi connectivity index (χ0n) is 19.7. The number of aromatic nitrogens is 3. The lowest BCUT2D eigenvalue weighted by Gasteiger charge is -2.33. The highest BCUT2D eigenvalue weighted by Crippen LogP contribution is 2.36. The maximum Gasteiger partial charge on any atom is 0.223 e. The first-order valence-corrected chi connectivity index (χ1v) is 11.6. The molecule has 0 bridgehead atoms. The molecule has 3 heterocycles. The molecule has 2 aliphatic rings. The van der Waals surface area contributed by atoms with Crippen molar-refractivity contribution >= 4 is 17.4 Å². The maximum absolute atomic E-state index is 12.5. The summed E-state index contributed by atoms with van der Waals surface area (Å²) in [6.07, 6.45) is 3.95. The molecule has 1 aliphatic heterocycles. The Balaban J connectivity index is 1.46. The molecule has 2 fully saturated rings. The number of carbonyl (C=O) groups is 1. The fraction of sp³-hybridized carbons (Fsp3) is 0.480. The van der Waals surface area contributed by atoms with Crippen molar-refractivity contribution in [2.24, 2.45) is 5.92 Å². The van der Waals surface area contributed by atoms with E-state index in [1.807, 2.05) is 36.6 Å². The van der Waals surface area contributed by atoms with E-state index in [-0.39, 0.29) is 11.8 Å². The number of anilines is 1. The van der Waals surface area contributed by atoms with Crippen molar-refractivity contribution in [3.63, 3.8) is 0 Å². The average molecular weight is 450 g/mol. The molecule has 0 atom stereocenters. The Morgan fingerprint density at radius 3 is 2.42 bits per heavy atom. The van der Waals surface area contributed by atoms with Crippen molar-refractivity contribution in [1.82, 2.24) is 19.9 Å². The number of aryl methyl sites for hydroxylation is 2. The number of piperidine rings is 1. The van der Waals surface area contributed by atoms with Crippen LogP contribution in [0.1, 0.15) is 37.1 Å². The standard InChI is InChI=1S/C25H31N5O3/c1-15-13-22(29-11-9-17(10-12-29)25(31)27-19-6-7-19)30-24(26-15)23(16(2)28-30)18-5-8-20(32-3)21(14-18)33-4/h5,8,13-14,17,19H,6-7,9-12H2,1-4H3,(H,27,31). The minimum atomic E-state index is 0.0990. The molecule has 2 aromatic heterocycles. The summed E-state index contributed by atoms with van der Waals surface area (Å²) in [5, 5.41) is 8.03. The predicted molar refractivity (Wildman–Crippen MR) is 127 cm³/mol. The number of benzene rings is 1. The molecule has 1 amide bonds. The molecule has 1 saturated heterocycles. The van der Waals surface area contributed by atoms with Crippen LogP contribution in [0, 0.1) is 19.8 Å². The smallest absolute Gasteiger partial charge is 0.223 e. The predicted octanol–water partition coefficient (Wildman–Crippen LogP) is 3.53. The third kappa shape index (κ3) is 4.10. The highest BCUT2D eigenvalue weighted by molar-refractivity contribution is 5.82. The number of hydrogen-bond acceptors (Lipinski definition) is 6. The number of hydrogen-bond donors (Lipinski definition) is 1. The minimum Gasteiger partial charge on any atom is -0.493 e. The van der Waals surface area contributed by atoms with E-state index < -0.39 is 0 Å². The molecule has 5 rings (SSSR count). The molecule has 1 N–H and O–H groups in total. The quantitative estimate of drug-likeness (QED) is 0.620. The Bertz CT molecular complexity index is 1190. The van der Waals surface area contributed by atoms with Crippen LogP contribution in [0.2, 0.25) is 0 Å². The molecule has 1 aliphatic carbocycles. The van der Waals surface area contributed by atoms with Crippen molar-refractivity contribution in [1.29, 1.82) is 0 Å². The van der Waals surface area contributed by atoms with E-state index in [4.69, 9.17) is 19.6 Å². The van der Waals surface area contributed by atoms with Gasteiger partial charge in [0.1, 0.15) is 5.82 Å². The summed E-state index contributed by atoms with van der Waals surface area (Å²) in [5.41, 5.74) is 4.63. The van der Waals surface area contributed by atoms with Gasteiger partial charge in [0.2, 0.25) is 5.91 Å². The second-order valence-electron chi connectivity index (χ2n) is 9.07. The highest BCUT2D eigenvalue weighted by atomic mass is 16.5. The summed E-state index contributed by atoms with van der Waals surface area (Å²) in [6, 6.07) is 8.39. The van der Waals surface area contributed by atoms with Crippen molar-refractivity contribution < 1.29 is 14.3 Å². The van der Waals surface area contributed by atoms with Gasteiger partial charge < -0.3 is 19.7 Å². The van der Waals surface area contributed by atoms with Crippen LogP contribution in [0.5, 0.6) is 11.5 Å². The van der Waals surface area contributed by atoms with Gasteiger partial charge >= 0.3 is 0 Å². The second kappa shape index (κ2) is 8.57. The molecule has 0 spiro atoms. The van der Waals surface area contributed by atoms with Gasteiger partial charge in [0.25, 0.3) is 0 Å². The van der Waals surface area contributed by atoms with E-state index in [0.717, 1.165) is 72.8 Å². The number of nitrogens with one attached hydrogen (secondary N) is 1. The number of carbonyl (C=O) groups excluding carboxylic acids is 1. The molecule has 33 heavy (non-hydrogen) atoms. The third-order valence-electron chi connectivity index (χ3n) is 6.66. The Kier molecular flexibility index (Phi) is 5.60. The van der Waals surface area contributed by atoms with Crippen molar-refractivity contribution in [2.45, 2.75) is 45.6 Å². The van der Waals surface area contributed by atoms with Crippen LogP contribution in [-0.2, 0) is 4.79 Å². The zero-order valence-corrected chi connectivity index (χ0v) is 19.7. The molecule has 0 unspecified atom stereocenters. The molecular weight excluding hydrogens is 418 g/mol. The van der Waals surface area contributed by atoms with Crippen molar-refractivity contribution in [3.05, 3.63) is 35.7 Å². The van der Waals surface area contributed by atoms with Crippen LogP contribution >= 0.6 is 0 Å². The third-order valence-corrected chi connectivity index (χ3v) is 6.66. The van der Waals surface area contributed by atoms with Gasteiger partial charge in [0.15, 0.2) is 17.1 Å². The maximum atomic E-state index is 12.5. The van der Waals surface area contributed by atoms with Crippen molar-refractivity contribution in [3.8, 4) is 22.6 Å².